The molecule has 1 fully saturated rings. The number of nitrogens with zero attached hydrogens (tertiary/aromatic N) is 2. The summed E-state index contributed by atoms with van der Waals surface area (Å²) in [4.78, 5) is 4.33. The Bertz CT molecular complexity index is 579. The molecule has 0 saturated heterocycles. The fourth-order valence-electron chi connectivity index (χ4n) is 3.88. The maximum atomic E-state index is 2.33. The van der Waals surface area contributed by atoms with Crippen LogP contribution in [0, 0.1) is 0 Å². The molecule has 2 heteroatoms. The molecule has 1 saturated carbocycles. The molecule has 0 aliphatic heterocycles. The first-order valence-corrected chi connectivity index (χ1v) is 8.59. The first kappa shape index (κ1) is 15.9. The van der Waals surface area contributed by atoms with Gasteiger partial charge >= 0.3 is 0 Å². The van der Waals surface area contributed by atoms with E-state index in [0.29, 0.717) is 0 Å². The fourth-order valence-corrected chi connectivity index (χ4v) is 3.88. The molecule has 0 radical (unpaired) electrons. The Hall–Kier alpha value is -1.96. The standard InChI is InChI=1S/C21H28N2/c1-22(2)19-11-7-17(8-12-19)21(15-5-6-16-21)18-9-13-20(14-10-18)23(3)4/h7-14H,5-6,15-16H2,1-4H3. The fraction of sp³-hybridized carbons (Fsp3) is 0.429. The summed E-state index contributed by atoms with van der Waals surface area (Å²) in [6, 6.07) is 18.3. The van der Waals surface area contributed by atoms with E-state index in [0.717, 1.165) is 0 Å². The third kappa shape index (κ3) is 2.95. The van der Waals surface area contributed by atoms with Crippen LogP contribution in [0.1, 0.15) is 36.8 Å². The Morgan fingerprint density at radius 2 is 0.957 bits per heavy atom. The van der Waals surface area contributed by atoms with Crippen LogP contribution in [0.2, 0.25) is 0 Å². The molecule has 0 N–H and O–H groups in total. The van der Waals surface area contributed by atoms with Gasteiger partial charge in [-0.15, -0.1) is 0 Å². The number of benzene rings is 2. The third-order valence-electron chi connectivity index (χ3n) is 5.33. The molecule has 0 bridgehead atoms. The van der Waals surface area contributed by atoms with Crippen LogP contribution in [-0.2, 0) is 5.41 Å². The van der Waals surface area contributed by atoms with Gasteiger partial charge in [0.1, 0.15) is 0 Å². The predicted octanol–water partition coefficient (Wildman–Crippen LogP) is 4.68. The van der Waals surface area contributed by atoms with Gasteiger partial charge in [-0.3, -0.25) is 0 Å². The van der Waals surface area contributed by atoms with E-state index in [-0.39, 0.29) is 5.41 Å². The molecule has 0 atom stereocenters. The number of anilines is 2. The minimum Gasteiger partial charge on any atom is -0.378 e. The largest absolute Gasteiger partial charge is 0.378 e. The van der Waals surface area contributed by atoms with Crippen molar-refractivity contribution in [2.75, 3.05) is 38.0 Å². The van der Waals surface area contributed by atoms with Crippen molar-refractivity contribution >= 4 is 11.4 Å². The van der Waals surface area contributed by atoms with Crippen LogP contribution in [-0.4, -0.2) is 28.2 Å². The Morgan fingerprint density at radius 3 is 1.26 bits per heavy atom. The smallest absolute Gasteiger partial charge is 0.0361 e. The highest BCUT2D eigenvalue weighted by atomic mass is 15.1. The summed E-state index contributed by atoms with van der Waals surface area (Å²) in [5.74, 6) is 0. The van der Waals surface area contributed by atoms with E-state index in [1.807, 2.05) is 0 Å². The van der Waals surface area contributed by atoms with E-state index >= 15 is 0 Å². The zero-order valence-corrected chi connectivity index (χ0v) is 14.8. The van der Waals surface area contributed by atoms with Crippen LogP contribution in [0.25, 0.3) is 0 Å². The van der Waals surface area contributed by atoms with Crippen molar-refractivity contribution in [2.45, 2.75) is 31.1 Å². The Kier molecular flexibility index (Phi) is 4.34. The summed E-state index contributed by atoms with van der Waals surface area (Å²) in [6.45, 7) is 0. The molecule has 0 aromatic heterocycles. The van der Waals surface area contributed by atoms with Crippen molar-refractivity contribution < 1.29 is 0 Å². The Labute approximate surface area is 140 Å². The maximum Gasteiger partial charge on any atom is 0.0361 e. The van der Waals surface area contributed by atoms with Gasteiger partial charge in [-0.25, -0.2) is 0 Å². The third-order valence-corrected chi connectivity index (χ3v) is 5.33. The highest BCUT2D eigenvalue weighted by molar-refractivity contribution is 5.53. The highest BCUT2D eigenvalue weighted by Crippen LogP contribution is 2.46. The van der Waals surface area contributed by atoms with Gasteiger partial charge < -0.3 is 9.80 Å². The van der Waals surface area contributed by atoms with E-state index in [1.165, 1.54) is 48.2 Å². The molecule has 3 rings (SSSR count). The summed E-state index contributed by atoms with van der Waals surface area (Å²) in [6.07, 6.45) is 5.17. The monoisotopic (exact) mass is 308 g/mol. The summed E-state index contributed by atoms with van der Waals surface area (Å²) in [5, 5.41) is 0. The molecule has 2 aromatic rings. The summed E-state index contributed by atoms with van der Waals surface area (Å²) >= 11 is 0. The molecular weight excluding hydrogens is 280 g/mol. The zero-order chi connectivity index (χ0) is 16.4. The highest BCUT2D eigenvalue weighted by Gasteiger charge is 2.37. The summed E-state index contributed by atoms with van der Waals surface area (Å²) in [5.41, 5.74) is 5.68. The molecular formula is C21H28N2. The molecule has 0 amide bonds. The van der Waals surface area contributed by atoms with Gasteiger partial charge in [-0.05, 0) is 48.2 Å². The SMILES string of the molecule is CN(C)c1ccc(C2(c3ccc(N(C)C)cc3)CCCC2)cc1. The van der Waals surface area contributed by atoms with E-state index < -0.39 is 0 Å². The molecule has 0 unspecified atom stereocenters. The lowest BCUT2D eigenvalue weighted by atomic mass is 9.73. The van der Waals surface area contributed by atoms with Gasteiger partial charge in [0.2, 0.25) is 0 Å². The molecule has 1 aliphatic carbocycles. The second-order valence-electron chi connectivity index (χ2n) is 7.17. The van der Waals surface area contributed by atoms with E-state index in [2.05, 4.69) is 86.5 Å². The first-order chi connectivity index (χ1) is 11.0. The van der Waals surface area contributed by atoms with Crippen molar-refractivity contribution in [2.24, 2.45) is 0 Å². The number of hydrogen-bond acceptors (Lipinski definition) is 2. The number of hydrogen-bond donors (Lipinski definition) is 0. The predicted molar refractivity (Wildman–Crippen MR) is 101 cm³/mol. The molecule has 1 aliphatic rings. The normalized spacial score (nSPS) is 16.3. The molecule has 0 spiro atoms. The zero-order valence-electron chi connectivity index (χ0n) is 14.8. The van der Waals surface area contributed by atoms with Crippen LogP contribution in [0.5, 0.6) is 0 Å². The molecule has 23 heavy (non-hydrogen) atoms. The molecule has 2 aromatic carbocycles. The van der Waals surface area contributed by atoms with Crippen LogP contribution in [0.3, 0.4) is 0 Å². The van der Waals surface area contributed by atoms with E-state index in [4.69, 9.17) is 0 Å². The van der Waals surface area contributed by atoms with Crippen molar-refractivity contribution in [1.29, 1.82) is 0 Å². The second-order valence-corrected chi connectivity index (χ2v) is 7.17. The van der Waals surface area contributed by atoms with Crippen molar-refractivity contribution in [3.8, 4) is 0 Å². The second kappa shape index (κ2) is 6.27. The van der Waals surface area contributed by atoms with Gasteiger partial charge in [0, 0.05) is 45.0 Å². The molecule has 2 nitrogen and oxygen atoms in total. The van der Waals surface area contributed by atoms with Crippen LogP contribution >= 0.6 is 0 Å². The minimum atomic E-state index is 0.204. The van der Waals surface area contributed by atoms with E-state index in [1.54, 1.807) is 0 Å². The topological polar surface area (TPSA) is 6.48 Å². The van der Waals surface area contributed by atoms with Crippen LogP contribution in [0.15, 0.2) is 48.5 Å². The Balaban J connectivity index is 1.99. The van der Waals surface area contributed by atoms with Gasteiger partial charge in [-0.1, -0.05) is 37.1 Å². The van der Waals surface area contributed by atoms with Gasteiger partial charge in [0.25, 0.3) is 0 Å². The van der Waals surface area contributed by atoms with Gasteiger partial charge in [-0.2, -0.15) is 0 Å². The molecule has 0 heterocycles. The van der Waals surface area contributed by atoms with Crippen LogP contribution < -0.4 is 9.80 Å². The molecule has 122 valence electrons. The van der Waals surface area contributed by atoms with Gasteiger partial charge in [0.05, 0.1) is 0 Å². The van der Waals surface area contributed by atoms with Crippen molar-refractivity contribution in [3.05, 3.63) is 59.7 Å². The quantitative estimate of drug-likeness (QED) is 0.809. The summed E-state index contributed by atoms with van der Waals surface area (Å²) in [7, 11) is 8.39. The summed E-state index contributed by atoms with van der Waals surface area (Å²) < 4.78 is 0. The van der Waals surface area contributed by atoms with Gasteiger partial charge in [0.15, 0.2) is 0 Å². The van der Waals surface area contributed by atoms with Crippen molar-refractivity contribution in [3.63, 3.8) is 0 Å². The lowest BCUT2D eigenvalue weighted by Gasteiger charge is -2.31. The van der Waals surface area contributed by atoms with Crippen molar-refractivity contribution in [1.82, 2.24) is 0 Å². The Morgan fingerprint density at radius 1 is 0.609 bits per heavy atom. The maximum absolute atomic E-state index is 2.33. The number of rotatable bonds is 4. The minimum absolute atomic E-state index is 0.204. The van der Waals surface area contributed by atoms with Crippen LogP contribution in [0.4, 0.5) is 11.4 Å². The first-order valence-electron chi connectivity index (χ1n) is 8.59. The average molecular weight is 308 g/mol. The lowest BCUT2D eigenvalue weighted by molar-refractivity contribution is 0.535. The van der Waals surface area contributed by atoms with E-state index in [9.17, 15) is 0 Å². The average Bonchev–Trinajstić information content (AvgIpc) is 3.06. The lowest BCUT2D eigenvalue weighted by Crippen LogP contribution is -2.24.